The Labute approximate surface area is 211 Å². The summed E-state index contributed by atoms with van der Waals surface area (Å²) in [6.07, 6.45) is 0. The fourth-order valence-electron chi connectivity index (χ4n) is 4.63. The van der Waals surface area contributed by atoms with E-state index < -0.39 is 0 Å². The van der Waals surface area contributed by atoms with Crippen LogP contribution in [0.25, 0.3) is 11.0 Å². The van der Waals surface area contributed by atoms with Crippen molar-refractivity contribution in [2.24, 2.45) is 5.92 Å². The van der Waals surface area contributed by atoms with Gasteiger partial charge < -0.3 is 24.8 Å². The zero-order valence-corrected chi connectivity index (χ0v) is 20.8. The lowest BCUT2D eigenvalue weighted by molar-refractivity contribution is -0.134. The van der Waals surface area contributed by atoms with Crippen LogP contribution in [-0.4, -0.2) is 79.2 Å². The van der Waals surface area contributed by atoms with E-state index >= 15 is 0 Å². The van der Waals surface area contributed by atoms with Gasteiger partial charge in [0.1, 0.15) is 0 Å². The number of fused-ring (bicyclic) bond motifs is 1. The molecule has 3 aromatic rings. The van der Waals surface area contributed by atoms with Crippen LogP contribution in [-0.2, 0) is 9.53 Å². The second-order valence-electron chi connectivity index (χ2n) is 9.45. The lowest BCUT2D eigenvalue weighted by Crippen LogP contribution is -2.49. The summed E-state index contributed by atoms with van der Waals surface area (Å²) in [6, 6.07) is 15.4. The monoisotopic (exact) mass is 488 g/mol. The summed E-state index contributed by atoms with van der Waals surface area (Å²) in [5, 5.41) is 3.00. The van der Waals surface area contributed by atoms with Crippen LogP contribution in [0, 0.1) is 5.92 Å². The predicted octanol–water partition coefficient (Wildman–Crippen LogP) is 3.02. The Morgan fingerprint density at radius 2 is 1.47 bits per heavy atom. The van der Waals surface area contributed by atoms with Gasteiger partial charge in [0.25, 0.3) is 5.91 Å². The quantitative estimate of drug-likeness (QED) is 0.590. The molecule has 0 saturated carbocycles. The number of nitrogens with one attached hydrogen (secondary N) is 1. The van der Waals surface area contributed by atoms with E-state index in [4.69, 9.17) is 9.72 Å². The van der Waals surface area contributed by atoms with Gasteiger partial charge in [-0.15, -0.1) is 0 Å². The highest BCUT2D eigenvalue weighted by Crippen LogP contribution is 2.24. The molecule has 2 aromatic carbocycles. The third kappa shape index (κ3) is 5.11. The summed E-state index contributed by atoms with van der Waals surface area (Å²) < 4.78 is 5.48. The highest BCUT2D eigenvalue weighted by Gasteiger charge is 2.24. The molecule has 2 amide bonds. The molecule has 9 heteroatoms. The number of carbonyl (C=O) groups is 2. The highest BCUT2D eigenvalue weighted by atomic mass is 16.5. The number of ether oxygens (including phenoxy) is 1. The van der Waals surface area contributed by atoms with E-state index in [9.17, 15) is 9.59 Å². The molecule has 0 bridgehead atoms. The average molecular weight is 489 g/mol. The van der Waals surface area contributed by atoms with E-state index in [0.717, 1.165) is 37.4 Å². The number of anilines is 3. The standard InChI is InChI=1S/C27H32N6O3/c1-19(2)27(35)33-13-11-31(12-14-33)21-9-7-20(8-10-21)28-26(34)24-25(32-15-17-36-18-16-32)30-23-6-4-3-5-22(23)29-24/h3-10,19H,11-18H2,1-2H3,(H,28,34). The van der Waals surface area contributed by atoms with Gasteiger partial charge in [0.2, 0.25) is 5.91 Å². The average Bonchev–Trinajstić information content (AvgIpc) is 2.93. The molecule has 3 heterocycles. The maximum Gasteiger partial charge on any atom is 0.278 e. The van der Waals surface area contributed by atoms with Crippen LogP contribution in [0.1, 0.15) is 24.3 Å². The van der Waals surface area contributed by atoms with Crippen molar-refractivity contribution in [3.05, 3.63) is 54.2 Å². The number of hydrogen-bond acceptors (Lipinski definition) is 7. The predicted molar refractivity (Wildman–Crippen MR) is 141 cm³/mol. The van der Waals surface area contributed by atoms with Crippen molar-refractivity contribution in [2.45, 2.75) is 13.8 Å². The number of aromatic nitrogens is 2. The fourth-order valence-corrected chi connectivity index (χ4v) is 4.63. The van der Waals surface area contributed by atoms with Crippen LogP contribution in [0.4, 0.5) is 17.2 Å². The van der Waals surface area contributed by atoms with Gasteiger partial charge in [0.15, 0.2) is 11.5 Å². The lowest BCUT2D eigenvalue weighted by atomic mass is 10.1. The van der Waals surface area contributed by atoms with Crippen LogP contribution >= 0.6 is 0 Å². The molecular weight excluding hydrogens is 456 g/mol. The van der Waals surface area contributed by atoms with Gasteiger partial charge in [-0.05, 0) is 36.4 Å². The number of nitrogens with zero attached hydrogens (tertiary/aromatic N) is 5. The smallest absolute Gasteiger partial charge is 0.278 e. The Kier molecular flexibility index (Phi) is 6.99. The van der Waals surface area contributed by atoms with Crippen molar-refractivity contribution in [1.29, 1.82) is 0 Å². The van der Waals surface area contributed by atoms with Gasteiger partial charge in [0, 0.05) is 56.6 Å². The molecule has 0 spiro atoms. The summed E-state index contributed by atoms with van der Waals surface area (Å²) in [4.78, 5) is 41.3. The summed E-state index contributed by atoms with van der Waals surface area (Å²) in [6.45, 7) is 9.43. The Morgan fingerprint density at radius 1 is 0.833 bits per heavy atom. The third-order valence-corrected chi connectivity index (χ3v) is 6.65. The minimum Gasteiger partial charge on any atom is -0.378 e. The van der Waals surface area contributed by atoms with Crippen molar-refractivity contribution in [3.63, 3.8) is 0 Å². The number of amides is 2. The van der Waals surface area contributed by atoms with Crippen molar-refractivity contribution in [3.8, 4) is 0 Å². The van der Waals surface area contributed by atoms with Crippen LogP contribution in [0.5, 0.6) is 0 Å². The van der Waals surface area contributed by atoms with Crippen LogP contribution < -0.4 is 15.1 Å². The molecule has 1 aromatic heterocycles. The minimum absolute atomic E-state index is 0.0236. The summed E-state index contributed by atoms with van der Waals surface area (Å²) >= 11 is 0. The number of hydrogen-bond donors (Lipinski definition) is 1. The van der Waals surface area contributed by atoms with E-state index in [1.54, 1.807) is 0 Å². The zero-order chi connectivity index (χ0) is 25.1. The molecule has 2 saturated heterocycles. The molecule has 2 fully saturated rings. The number of carbonyl (C=O) groups excluding carboxylic acids is 2. The molecule has 2 aliphatic heterocycles. The molecule has 0 atom stereocenters. The number of rotatable bonds is 5. The van der Waals surface area contributed by atoms with Crippen molar-refractivity contribution in [1.82, 2.24) is 14.9 Å². The van der Waals surface area contributed by atoms with Crippen molar-refractivity contribution in [2.75, 3.05) is 67.6 Å². The molecular formula is C27H32N6O3. The maximum absolute atomic E-state index is 13.3. The number of benzene rings is 2. The molecule has 1 N–H and O–H groups in total. The van der Waals surface area contributed by atoms with E-state index in [1.807, 2.05) is 67.3 Å². The Hall–Kier alpha value is -3.72. The summed E-state index contributed by atoms with van der Waals surface area (Å²) in [5.41, 5.74) is 3.52. The second kappa shape index (κ2) is 10.5. The first-order valence-corrected chi connectivity index (χ1v) is 12.5. The van der Waals surface area contributed by atoms with Crippen LogP contribution in [0.2, 0.25) is 0 Å². The molecule has 0 unspecified atom stereocenters. The fraction of sp³-hybridized carbons (Fsp3) is 0.407. The Balaban J connectivity index is 1.30. The summed E-state index contributed by atoms with van der Waals surface area (Å²) in [7, 11) is 0. The lowest BCUT2D eigenvalue weighted by Gasteiger charge is -2.37. The van der Waals surface area contributed by atoms with E-state index in [-0.39, 0.29) is 17.7 Å². The van der Waals surface area contributed by atoms with Crippen LogP contribution in [0.3, 0.4) is 0 Å². The molecule has 9 nitrogen and oxygen atoms in total. The first-order valence-electron chi connectivity index (χ1n) is 12.5. The maximum atomic E-state index is 13.3. The van der Waals surface area contributed by atoms with Gasteiger partial charge in [-0.2, -0.15) is 0 Å². The van der Waals surface area contributed by atoms with Crippen LogP contribution in [0.15, 0.2) is 48.5 Å². The van der Waals surface area contributed by atoms with Gasteiger partial charge >= 0.3 is 0 Å². The third-order valence-electron chi connectivity index (χ3n) is 6.65. The molecule has 188 valence electrons. The van der Waals surface area contributed by atoms with E-state index in [2.05, 4.69) is 20.1 Å². The number of para-hydroxylation sites is 2. The van der Waals surface area contributed by atoms with Gasteiger partial charge in [-0.25, -0.2) is 9.97 Å². The normalized spacial score (nSPS) is 16.5. The first kappa shape index (κ1) is 24.0. The van der Waals surface area contributed by atoms with Gasteiger partial charge in [-0.3, -0.25) is 9.59 Å². The molecule has 0 aliphatic carbocycles. The summed E-state index contributed by atoms with van der Waals surface area (Å²) in [5.74, 6) is 0.527. The highest BCUT2D eigenvalue weighted by molar-refractivity contribution is 6.07. The van der Waals surface area contributed by atoms with Crippen molar-refractivity contribution >= 4 is 40.0 Å². The zero-order valence-electron chi connectivity index (χ0n) is 20.8. The number of morpholine rings is 1. The number of piperazine rings is 1. The first-order chi connectivity index (χ1) is 17.5. The Morgan fingerprint density at radius 3 is 2.11 bits per heavy atom. The molecule has 5 rings (SSSR count). The molecule has 2 aliphatic rings. The van der Waals surface area contributed by atoms with E-state index in [1.165, 1.54) is 0 Å². The largest absolute Gasteiger partial charge is 0.378 e. The SMILES string of the molecule is CC(C)C(=O)N1CCN(c2ccc(NC(=O)c3nc4ccccc4nc3N3CCOCC3)cc2)CC1. The van der Waals surface area contributed by atoms with E-state index in [0.29, 0.717) is 49.0 Å². The molecule has 36 heavy (non-hydrogen) atoms. The second-order valence-corrected chi connectivity index (χ2v) is 9.45. The van der Waals surface area contributed by atoms with Crippen molar-refractivity contribution < 1.29 is 14.3 Å². The van der Waals surface area contributed by atoms with Gasteiger partial charge in [-0.1, -0.05) is 26.0 Å². The molecule has 0 radical (unpaired) electrons. The Bertz CT molecular complexity index is 1230. The van der Waals surface area contributed by atoms with Gasteiger partial charge in [0.05, 0.1) is 24.2 Å². The minimum atomic E-state index is -0.289. The topological polar surface area (TPSA) is 90.9 Å².